The van der Waals surface area contributed by atoms with E-state index in [9.17, 15) is 0 Å². The van der Waals surface area contributed by atoms with Crippen molar-refractivity contribution >= 4 is 38.6 Å². The molecule has 0 radical (unpaired) electrons. The van der Waals surface area contributed by atoms with Crippen LogP contribution in [0.15, 0.2) is 53.3 Å². The first kappa shape index (κ1) is 11.8. The van der Waals surface area contributed by atoms with E-state index in [4.69, 9.17) is 11.6 Å². The van der Waals surface area contributed by atoms with Crippen molar-refractivity contribution in [2.45, 2.75) is 6.54 Å². The monoisotopic (exact) mass is 320 g/mol. The normalized spacial score (nSPS) is 11.0. The Bertz CT molecular complexity index is 706. The van der Waals surface area contributed by atoms with Crippen molar-refractivity contribution in [1.29, 1.82) is 0 Å². The molecule has 0 fully saturated rings. The molecule has 4 heteroatoms. The van der Waals surface area contributed by atoms with Crippen molar-refractivity contribution < 1.29 is 0 Å². The number of para-hydroxylation sites is 2. The van der Waals surface area contributed by atoms with Crippen LogP contribution in [0.2, 0.25) is 5.02 Å². The Hall–Kier alpha value is -1.32. The van der Waals surface area contributed by atoms with Gasteiger partial charge in [0, 0.05) is 5.02 Å². The fraction of sp³-hybridized carbons (Fsp3) is 0.0714. The molecular formula is C14H10BrClN2. The molecule has 0 aliphatic rings. The number of hydrogen-bond acceptors (Lipinski definition) is 1. The Morgan fingerprint density at radius 3 is 2.78 bits per heavy atom. The number of fused-ring (bicyclic) bond motifs is 1. The summed E-state index contributed by atoms with van der Waals surface area (Å²) < 4.78 is 2.96. The van der Waals surface area contributed by atoms with E-state index in [2.05, 4.69) is 37.6 Å². The van der Waals surface area contributed by atoms with E-state index in [1.807, 2.05) is 36.4 Å². The SMILES string of the molecule is Clc1cccc(Cn2c(Br)nc3ccccc32)c1. The Labute approximate surface area is 118 Å². The van der Waals surface area contributed by atoms with E-state index >= 15 is 0 Å². The molecular weight excluding hydrogens is 312 g/mol. The molecule has 0 amide bonds. The molecule has 2 nitrogen and oxygen atoms in total. The highest BCUT2D eigenvalue weighted by molar-refractivity contribution is 9.10. The van der Waals surface area contributed by atoms with Gasteiger partial charge in [0.25, 0.3) is 0 Å². The summed E-state index contributed by atoms with van der Waals surface area (Å²) in [4.78, 5) is 4.48. The molecule has 0 aliphatic heterocycles. The van der Waals surface area contributed by atoms with Crippen LogP contribution in [0.4, 0.5) is 0 Å². The molecule has 3 rings (SSSR count). The molecule has 90 valence electrons. The predicted molar refractivity (Wildman–Crippen MR) is 78.0 cm³/mol. The van der Waals surface area contributed by atoms with Gasteiger partial charge < -0.3 is 4.57 Å². The minimum Gasteiger partial charge on any atom is -0.314 e. The number of aromatic nitrogens is 2. The zero-order chi connectivity index (χ0) is 12.5. The molecule has 2 aromatic carbocycles. The van der Waals surface area contributed by atoms with Gasteiger partial charge in [-0.15, -0.1) is 0 Å². The van der Waals surface area contributed by atoms with E-state index in [1.54, 1.807) is 0 Å². The molecule has 1 aromatic heterocycles. The van der Waals surface area contributed by atoms with Crippen LogP contribution in [0.25, 0.3) is 11.0 Å². The van der Waals surface area contributed by atoms with Crippen molar-refractivity contribution in [2.24, 2.45) is 0 Å². The molecule has 0 N–H and O–H groups in total. The van der Waals surface area contributed by atoms with Gasteiger partial charge in [-0.05, 0) is 45.8 Å². The van der Waals surface area contributed by atoms with Gasteiger partial charge in [-0.3, -0.25) is 0 Å². The van der Waals surface area contributed by atoms with Gasteiger partial charge in [-0.2, -0.15) is 0 Å². The second-order valence-corrected chi connectivity index (χ2v) is 5.23. The standard InChI is InChI=1S/C14H10BrClN2/c15-14-17-12-6-1-2-7-13(12)18(14)9-10-4-3-5-11(16)8-10/h1-8H,9H2. The van der Waals surface area contributed by atoms with Crippen LogP contribution in [-0.4, -0.2) is 9.55 Å². The maximum atomic E-state index is 6.01. The summed E-state index contributed by atoms with van der Waals surface area (Å²) in [6.07, 6.45) is 0. The average molecular weight is 322 g/mol. The summed E-state index contributed by atoms with van der Waals surface area (Å²) in [6.45, 7) is 0.752. The van der Waals surface area contributed by atoms with Crippen LogP contribution in [0.5, 0.6) is 0 Å². The molecule has 0 saturated carbocycles. The minimum atomic E-state index is 0.752. The largest absolute Gasteiger partial charge is 0.314 e. The lowest BCUT2D eigenvalue weighted by Gasteiger charge is -2.06. The van der Waals surface area contributed by atoms with E-state index in [-0.39, 0.29) is 0 Å². The first-order valence-electron chi connectivity index (χ1n) is 5.59. The zero-order valence-corrected chi connectivity index (χ0v) is 11.8. The lowest BCUT2D eigenvalue weighted by atomic mass is 10.2. The Morgan fingerprint density at radius 1 is 1.11 bits per heavy atom. The summed E-state index contributed by atoms with van der Waals surface area (Å²) in [6, 6.07) is 16.0. The molecule has 0 atom stereocenters. The quantitative estimate of drug-likeness (QED) is 0.679. The summed E-state index contributed by atoms with van der Waals surface area (Å²) in [7, 11) is 0. The second-order valence-electron chi connectivity index (χ2n) is 4.09. The average Bonchev–Trinajstić information content (AvgIpc) is 2.66. The number of halogens is 2. The van der Waals surface area contributed by atoms with Crippen molar-refractivity contribution in [3.8, 4) is 0 Å². The Balaban J connectivity index is 2.07. The second kappa shape index (κ2) is 4.75. The Kier molecular flexibility index (Phi) is 3.10. The third-order valence-electron chi connectivity index (χ3n) is 2.84. The summed E-state index contributed by atoms with van der Waals surface area (Å²) in [5.74, 6) is 0. The Morgan fingerprint density at radius 2 is 1.94 bits per heavy atom. The predicted octanol–water partition coefficient (Wildman–Crippen LogP) is 4.50. The highest BCUT2D eigenvalue weighted by Crippen LogP contribution is 2.22. The van der Waals surface area contributed by atoms with Gasteiger partial charge in [0.2, 0.25) is 0 Å². The highest BCUT2D eigenvalue weighted by Gasteiger charge is 2.08. The van der Waals surface area contributed by atoms with Gasteiger partial charge >= 0.3 is 0 Å². The van der Waals surface area contributed by atoms with Crippen molar-refractivity contribution in [3.05, 3.63) is 63.9 Å². The van der Waals surface area contributed by atoms with Gasteiger partial charge in [0.1, 0.15) is 0 Å². The van der Waals surface area contributed by atoms with Crippen LogP contribution in [0.1, 0.15) is 5.56 Å². The molecule has 0 aliphatic carbocycles. The van der Waals surface area contributed by atoms with Crippen LogP contribution >= 0.6 is 27.5 Å². The third-order valence-corrected chi connectivity index (χ3v) is 3.68. The van der Waals surface area contributed by atoms with E-state index in [0.717, 1.165) is 32.9 Å². The maximum absolute atomic E-state index is 6.01. The molecule has 18 heavy (non-hydrogen) atoms. The van der Waals surface area contributed by atoms with Crippen molar-refractivity contribution in [2.75, 3.05) is 0 Å². The summed E-state index contributed by atoms with van der Waals surface area (Å²) in [5.41, 5.74) is 3.27. The zero-order valence-electron chi connectivity index (χ0n) is 9.48. The maximum Gasteiger partial charge on any atom is 0.178 e. The molecule has 3 aromatic rings. The fourth-order valence-electron chi connectivity index (χ4n) is 2.01. The van der Waals surface area contributed by atoms with Crippen LogP contribution < -0.4 is 0 Å². The van der Waals surface area contributed by atoms with E-state index < -0.39 is 0 Å². The fourth-order valence-corrected chi connectivity index (χ4v) is 2.73. The lowest BCUT2D eigenvalue weighted by molar-refractivity contribution is 0.800. The van der Waals surface area contributed by atoms with Crippen molar-refractivity contribution in [1.82, 2.24) is 9.55 Å². The van der Waals surface area contributed by atoms with Crippen molar-refractivity contribution in [3.63, 3.8) is 0 Å². The molecule has 0 bridgehead atoms. The highest BCUT2D eigenvalue weighted by atomic mass is 79.9. The summed E-state index contributed by atoms with van der Waals surface area (Å²) in [5, 5.41) is 0.757. The molecule has 1 heterocycles. The first-order valence-corrected chi connectivity index (χ1v) is 6.76. The smallest absolute Gasteiger partial charge is 0.178 e. The number of imidazole rings is 1. The van der Waals surface area contributed by atoms with Crippen LogP contribution in [0.3, 0.4) is 0 Å². The number of rotatable bonds is 2. The number of hydrogen-bond donors (Lipinski definition) is 0. The first-order chi connectivity index (χ1) is 8.74. The topological polar surface area (TPSA) is 17.8 Å². The lowest BCUT2D eigenvalue weighted by Crippen LogP contribution is -1.99. The van der Waals surface area contributed by atoms with Gasteiger partial charge in [0.05, 0.1) is 17.6 Å². The van der Waals surface area contributed by atoms with Gasteiger partial charge in [0.15, 0.2) is 4.73 Å². The van der Waals surface area contributed by atoms with Crippen LogP contribution in [-0.2, 0) is 6.54 Å². The van der Waals surface area contributed by atoms with Crippen LogP contribution in [0, 0.1) is 0 Å². The summed E-state index contributed by atoms with van der Waals surface area (Å²) >= 11 is 9.51. The molecule has 0 spiro atoms. The minimum absolute atomic E-state index is 0.752. The number of benzene rings is 2. The van der Waals surface area contributed by atoms with E-state index in [0.29, 0.717) is 0 Å². The number of nitrogens with zero attached hydrogens (tertiary/aromatic N) is 2. The van der Waals surface area contributed by atoms with E-state index in [1.165, 1.54) is 0 Å². The molecule has 0 unspecified atom stereocenters. The van der Waals surface area contributed by atoms with Gasteiger partial charge in [-0.1, -0.05) is 35.9 Å². The third kappa shape index (κ3) is 2.16. The van der Waals surface area contributed by atoms with Gasteiger partial charge in [-0.25, -0.2) is 4.98 Å². The molecule has 0 saturated heterocycles.